The van der Waals surface area contributed by atoms with Gasteiger partial charge in [0, 0.05) is 4.73 Å². The van der Waals surface area contributed by atoms with Gasteiger partial charge in [0.05, 0.1) is 21.7 Å². The lowest BCUT2D eigenvalue weighted by Gasteiger charge is -2.06. The van der Waals surface area contributed by atoms with Gasteiger partial charge >= 0.3 is 5.69 Å². The maximum absolute atomic E-state index is 12.9. The molecule has 8 heteroatoms. The summed E-state index contributed by atoms with van der Waals surface area (Å²) >= 11 is 5.81. The van der Waals surface area contributed by atoms with Crippen LogP contribution in [0.4, 0.5) is 21.5 Å². The molecule has 98 valence electrons. The molecule has 2 N–H and O–H groups in total. The van der Waals surface area contributed by atoms with Crippen LogP contribution in [0.1, 0.15) is 0 Å². The van der Waals surface area contributed by atoms with Crippen LogP contribution in [0, 0.1) is 15.9 Å². The van der Waals surface area contributed by atoms with E-state index in [1.54, 1.807) is 0 Å². The molecule has 0 saturated heterocycles. The first-order valence-electron chi connectivity index (χ1n) is 5.08. The lowest BCUT2D eigenvalue weighted by atomic mass is 10.3. The summed E-state index contributed by atoms with van der Waals surface area (Å²) in [5.74, 6) is -0.518. The van der Waals surface area contributed by atoms with Gasteiger partial charge in [-0.2, -0.15) is 0 Å². The van der Waals surface area contributed by atoms with Crippen molar-refractivity contribution in [2.24, 2.45) is 0 Å². The molecule has 6 nitrogen and oxygen atoms in total. The number of rotatable bonds is 3. The van der Waals surface area contributed by atoms with Crippen molar-refractivity contribution >= 4 is 28.7 Å². The van der Waals surface area contributed by atoms with E-state index in [4.69, 9.17) is 11.6 Å². The smallest absolute Gasteiger partial charge is 0.305 e. The van der Waals surface area contributed by atoms with Gasteiger partial charge in [0.15, 0.2) is 5.69 Å². The average Bonchev–Trinajstić information content (AvgIpc) is 2.32. The molecule has 2 rings (SSSR count). The van der Waals surface area contributed by atoms with Gasteiger partial charge < -0.3 is 5.32 Å². The minimum absolute atomic E-state index is 0.0310. The molecule has 0 saturated carbocycles. The van der Waals surface area contributed by atoms with Crippen molar-refractivity contribution in [3.05, 3.63) is 57.6 Å². The first-order valence-corrected chi connectivity index (χ1v) is 5.46. The SMILES string of the molecule is O=[N+]([O-])c1cc[n+](O)cc1Nc1ccc(F)cc1Cl. The molecule has 2 aromatic rings. The first-order chi connectivity index (χ1) is 8.97. The molecule has 1 heterocycles. The molecule has 0 radical (unpaired) electrons. The van der Waals surface area contributed by atoms with Crippen molar-refractivity contribution in [3.63, 3.8) is 0 Å². The molecule has 0 amide bonds. The lowest BCUT2D eigenvalue weighted by molar-refractivity contribution is -0.904. The maximum atomic E-state index is 12.9. The number of hydrogen-bond acceptors (Lipinski definition) is 4. The van der Waals surface area contributed by atoms with Crippen LogP contribution >= 0.6 is 11.6 Å². The van der Waals surface area contributed by atoms with E-state index in [0.717, 1.165) is 30.6 Å². The van der Waals surface area contributed by atoms with Gasteiger partial charge in [-0.15, -0.1) is 0 Å². The summed E-state index contributed by atoms with van der Waals surface area (Å²) in [5, 5.41) is 22.9. The number of pyridine rings is 1. The molecular weight excluding hydrogens is 277 g/mol. The summed E-state index contributed by atoms with van der Waals surface area (Å²) in [5.41, 5.74) is 0.0755. The van der Waals surface area contributed by atoms with Gasteiger partial charge in [0.25, 0.3) is 6.20 Å². The highest BCUT2D eigenvalue weighted by Gasteiger charge is 2.19. The Morgan fingerprint density at radius 3 is 2.74 bits per heavy atom. The molecule has 0 aliphatic carbocycles. The van der Waals surface area contributed by atoms with E-state index in [9.17, 15) is 19.7 Å². The number of anilines is 2. The zero-order chi connectivity index (χ0) is 14.0. The topological polar surface area (TPSA) is 79.3 Å². The largest absolute Gasteiger partial charge is 0.344 e. The van der Waals surface area contributed by atoms with E-state index in [1.807, 2.05) is 0 Å². The van der Waals surface area contributed by atoms with Crippen LogP contribution in [0.5, 0.6) is 0 Å². The van der Waals surface area contributed by atoms with Gasteiger partial charge in [-0.3, -0.25) is 15.3 Å². The third kappa shape index (κ3) is 2.89. The van der Waals surface area contributed by atoms with E-state index >= 15 is 0 Å². The molecular formula is C11H8ClFN3O3+. The zero-order valence-electron chi connectivity index (χ0n) is 9.38. The Balaban J connectivity index is 2.42. The fraction of sp³-hybridized carbons (Fsp3) is 0. The van der Waals surface area contributed by atoms with Crippen LogP contribution in [-0.4, -0.2) is 10.1 Å². The molecule has 0 fully saturated rings. The van der Waals surface area contributed by atoms with E-state index in [2.05, 4.69) is 5.32 Å². The maximum Gasteiger partial charge on any atom is 0.305 e. The number of hydrogen-bond donors (Lipinski definition) is 2. The number of halogens is 2. The van der Waals surface area contributed by atoms with Crippen molar-refractivity contribution in [2.45, 2.75) is 0 Å². The van der Waals surface area contributed by atoms with E-state index in [-0.39, 0.29) is 22.1 Å². The third-order valence-corrected chi connectivity index (χ3v) is 2.63. The minimum atomic E-state index is -0.611. The summed E-state index contributed by atoms with van der Waals surface area (Å²) in [4.78, 5) is 10.2. The monoisotopic (exact) mass is 284 g/mol. The molecule has 1 aromatic carbocycles. The summed E-state index contributed by atoms with van der Waals surface area (Å²) < 4.78 is 13.6. The van der Waals surface area contributed by atoms with Gasteiger partial charge in [-0.1, -0.05) is 11.6 Å². The first kappa shape index (κ1) is 13.0. The number of nitro groups is 1. The summed E-state index contributed by atoms with van der Waals surface area (Å²) in [6.07, 6.45) is 2.23. The molecule has 1 aromatic heterocycles. The second kappa shape index (κ2) is 5.07. The van der Waals surface area contributed by atoms with Crippen molar-refractivity contribution < 1.29 is 19.3 Å². The number of benzene rings is 1. The Bertz CT molecular complexity index is 651. The van der Waals surface area contributed by atoms with Gasteiger partial charge in [-0.25, -0.2) is 4.39 Å². The van der Waals surface area contributed by atoms with Crippen molar-refractivity contribution in [1.29, 1.82) is 0 Å². The Labute approximate surface area is 111 Å². The van der Waals surface area contributed by atoms with E-state index in [0.29, 0.717) is 4.73 Å². The van der Waals surface area contributed by atoms with Gasteiger partial charge in [0.1, 0.15) is 5.82 Å². The Kier molecular flexibility index (Phi) is 3.48. The lowest BCUT2D eigenvalue weighted by Crippen LogP contribution is -2.29. The van der Waals surface area contributed by atoms with Crippen LogP contribution in [-0.2, 0) is 0 Å². The van der Waals surface area contributed by atoms with Crippen LogP contribution in [0.15, 0.2) is 36.7 Å². The number of aromatic nitrogens is 1. The Morgan fingerprint density at radius 2 is 2.11 bits per heavy atom. The standard InChI is InChI=1S/C11H8ClFN3O3/c12-8-5-7(13)1-2-9(8)14-10-6-15(17)4-3-11(10)16(18)19/h1-6,14,17H/q+1. The van der Waals surface area contributed by atoms with E-state index < -0.39 is 10.7 Å². The highest BCUT2D eigenvalue weighted by atomic mass is 35.5. The van der Waals surface area contributed by atoms with Gasteiger partial charge in [0.2, 0.25) is 6.20 Å². The highest BCUT2D eigenvalue weighted by molar-refractivity contribution is 6.33. The summed E-state index contributed by atoms with van der Waals surface area (Å²) in [6.45, 7) is 0. The molecule has 19 heavy (non-hydrogen) atoms. The van der Waals surface area contributed by atoms with E-state index in [1.165, 1.54) is 6.07 Å². The quantitative estimate of drug-likeness (QED) is 0.393. The summed E-state index contributed by atoms with van der Waals surface area (Å²) in [7, 11) is 0. The third-order valence-electron chi connectivity index (χ3n) is 2.32. The number of nitrogens with zero attached hydrogens (tertiary/aromatic N) is 2. The number of nitrogens with one attached hydrogen (secondary N) is 1. The Morgan fingerprint density at radius 1 is 1.37 bits per heavy atom. The Hall–Kier alpha value is -2.41. The molecule has 0 aliphatic heterocycles. The predicted molar refractivity (Wildman–Crippen MR) is 65.2 cm³/mol. The fourth-order valence-electron chi connectivity index (χ4n) is 1.47. The molecule has 0 unspecified atom stereocenters. The second-order valence-corrected chi connectivity index (χ2v) is 4.04. The van der Waals surface area contributed by atoms with Crippen molar-refractivity contribution in [1.82, 2.24) is 0 Å². The van der Waals surface area contributed by atoms with Gasteiger partial charge in [-0.05, 0) is 18.2 Å². The van der Waals surface area contributed by atoms with Crippen LogP contribution in [0.3, 0.4) is 0 Å². The zero-order valence-corrected chi connectivity index (χ0v) is 10.1. The fourth-order valence-corrected chi connectivity index (χ4v) is 1.68. The second-order valence-electron chi connectivity index (χ2n) is 3.63. The average molecular weight is 285 g/mol. The molecule has 0 aliphatic rings. The van der Waals surface area contributed by atoms with Crippen molar-refractivity contribution in [3.8, 4) is 0 Å². The summed E-state index contributed by atoms with van der Waals surface area (Å²) in [6, 6.07) is 4.71. The molecule has 0 spiro atoms. The minimum Gasteiger partial charge on any atom is -0.344 e. The highest BCUT2D eigenvalue weighted by Crippen LogP contribution is 2.30. The van der Waals surface area contributed by atoms with Crippen LogP contribution in [0.25, 0.3) is 0 Å². The molecule has 0 bridgehead atoms. The normalized spacial score (nSPS) is 10.2. The van der Waals surface area contributed by atoms with Crippen molar-refractivity contribution in [2.75, 3.05) is 5.32 Å². The predicted octanol–water partition coefficient (Wildman–Crippen LogP) is 2.66. The van der Waals surface area contributed by atoms with Crippen LogP contribution in [0.2, 0.25) is 5.02 Å². The van der Waals surface area contributed by atoms with Crippen LogP contribution < -0.4 is 10.0 Å². The molecule has 0 atom stereocenters.